The van der Waals surface area contributed by atoms with Gasteiger partial charge in [-0.25, -0.2) is 0 Å². The van der Waals surface area contributed by atoms with Crippen LogP contribution in [0.1, 0.15) is 45.4 Å². The van der Waals surface area contributed by atoms with Gasteiger partial charge in [-0.1, -0.05) is 6.42 Å². The monoisotopic (exact) mass is 472 g/mol. The second-order valence-electron chi connectivity index (χ2n) is 8.14. The van der Waals surface area contributed by atoms with Gasteiger partial charge in [0, 0.05) is 19.5 Å². The summed E-state index contributed by atoms with van der Waals surface area (Å²) in [5.41, 5.74) is 11.0. The lowest BCUT2D eigenvalue weighted by Crippen LogP contribution is -2.57. The molecule has 1 fully saturated rings. The highest BCUT2D eigenvalue weighted by molar-refractivity contribution is 5.93. The van der Waals surface area contributed by atoms with Crippen molar-refractivity contribution in [3.8, 4) is 0 Å². The van der Waals surface area contributed by atoms with Crippen LogP contribution in [-0.2, 0) is 24.0 Å². The Hall–Kier alpha value is -2.77. The van der Waals surface area contributed by atoms with Crippen LogP contribution >= 0.6 is 0 Å². The van der Waals surface area contributed by atoms with E-state index in [1.165, 1.54) is 0 Å². The minimum Gasteiger partial charge on any atom is -0.481 e. The highest BCUT2D eigenvalue weighted by atomic mass is 16.4. The first-order chi connectivity index (χ1) is 15.6. The molecule has 13 heteroatoms. The molecule has 0 unspecified atom stereocenters. The van der Waals surface area contributed by atoms with Crippen LogP contribution in [0.15, 0.2) is 0 Å². The van der Waals surface area contributed by atoms with Gasteiger partial charge in [-0.15, -0.1) is 0 Å². The number of nitrogens with one attached hydrogen (secondary N) is 3. The smallest absolute Gasteiger partial charge is 0.305 e. The molecule has 0 spiro atoms. The summed E-state index contributed by atoms with van der Waals surface area (Å²) in [5.74, 6) is -3.94. The molecule has 13 nitrogen and oxygen atoms in total. The van der Waals surface area contributed by atoms with E-state index in [0.717, 1.165) is 19.8 Å². The Morgan fingerprint density at radius 2 is 1.73 bits per heavy atom. The number of rotatable bonds is 15. The minimum atomic E-state index is -1.43. The van der Waals surface area contributed by atoms with Crippen molar-refractivity contribution in [2.75, 3.05) is 26.2 Å². The zero-order valence-electron chi connectivity index (χ0n) is 18.9. The van der Waals surface area contributed by atoms with Crippen molar-refractivity contribution >= 4 is 29.6 Å². The quantitative estimate of drug-likeness (QED) is 0.121. The third-order valence-electron chi connectivity index (χ3n) is 5.39. The number of nitrogens with zero attached hydrogens (tertiary/aromatic N) is 1. The van der Waals surface area contributed by atoms with Crippen molar-refractivity contribution in [1.29, 1.82) is 0 Å². The van der Waals surface area contributed by atoms with Gasteiger partial charge < -0.3 is 37.6 Å². The number of carbonyl (C=O) groups excluding carboxylic acids is 4. The largest absolute Gasteiger partial charge is 0.481 e. The fourth-order valence-corrected chi connectivity index (χ4v) is 3.79. The molecule has 0 aliphatic carbocycles. The zero-order valence-corrected chi connectivity index (χ0v) is 18.9. The Balaban J connectivity index is 2.91. The van der Waals surface area contributed by atoms with Gasteiger partial charge in [0.15, 0.2) is 0 Å². The highest BCUT2D eigenvalue weighted by Gasteiger charge is 2.33. The van der Waals surface area contributed by atoms with E-state index in [1.807, 2.05) is 4.90 Å². The second-order valence-corrected chi connectivity index (χ2v) is 8.14. The first kappa shape index (κ1) is 28.3. The summed E-state index contributed by atoms with van der Waals surface area (Å²) in [7, 11) is 0. The summed E-state index contributed by atoms with van der Waals surface area (Å²) >= 11 is 0. The molecular formula is C20H36N6O7. The van der Waals surface area contributed by atoms with Crippen LogP contribution in [0.25, 0.3) is 0 Å². The van der Waals surface area contributed by atoms with Crippen LogP contribution in [0.5, 0.6) is 0 Å². The lowest BCUT2D eigenvalue weighted by molar-refractivity contribution is -0.141. The van der Waals surface area contributed by atoms with Crippen molar-refractivity contribution in [1.82, 2.24) is 20.9 Å². The summed E-state index contributed by atoms with van der Waals surface area (Å²) in [6.07, 6.45) is 2.67. The molecule has 0 aromatic heterocycles. The topological polar surface area (TPSA) is 217 Å². The Kier molecular flexibility index (Phi) is 12.3. The summed E-state index contributed by atoms with van der Waals surface area (Å²) in [6, 6.07) is -3.62. The van der Waals surface area contributed by atoms with Crippen molar-refractivity contribution in [2.24, 2.45) is 11.5 Å². The van der Waals surface area contributed by atoms with E-state index < -0.39 is 66.8 Å². The highest BCUT2D eigenvalue weighted by Crippen LogP contribution is 2.18. The summed E-state index contributed by atoms with van der Waals surface area (Å²) in [4.78, 5) is 61.4. The number of hydrogen-bond donors (Lipinski definition) is 7. The third kappa shape index (κ3) is 10.1. The van der Waals surface area contributed by atoms with E-state index in [9.17, 15) is 34.2 Å². The number of nitrogens with two attached hydrogens (primary N) is 2. The molecule has 9 N–H and O–H groups in total. The van der Waals surface area contributed by atoms with Gasteiger partial charge in [0.2, 0.25) is 23.6 Å². The first-order valence-corrected chi connectivity index (χ1v) is 11.0. The van der Waals surface area contributed by atoms with E-state index >= 15 is 0 Å². The average molecular weight is 473 g/mol. The van der Waals surface area contributed by atoms with Gasteiger partial charge in [-0.3, -0.25) is 28.9 Å². The van der Waals surface area contributed by atoms with Gasteiger partial charge in [-0.2, -0.15) is 0 Å². The molecule has 1 aliphatic rings. The summed E-state index contributed by atoms with van der Waals surface area (Å²) in [6.45, 7) is 1.88. The van der Waals surface area contributed by atoms with Gasteiger partial charge in [-0.05, 0) is 38.8 Å². The SMILES string of the molecule is CC(=O)N[C@@H](CO)C(=O)N[C@@H](CC(=O)O)C(=O)N[C@@H](CCCCN)CN1CCC[C@H]1C(N)=O. The number of carboxylic acids is 1. The molecule has 1 aliphatic heterocycles. The number of aliphatic hydroxyl groups is 1. The first-order valence-electron chi connectivity index (χ1n) is 11.0. The van der Waals surface area contributed by atoms with Crippen molar-refractivity contribution < 1.29 is 34.2 Å². The minimum absolute atomic E-state index is 0.336. The molecule has 0 aromatic rings. The Morgan fingerprint density at radius 3 is 2.27 bits per heavy atom. The number of unbranched alkanes of at least 4 members (excludes halogenated alkanes) is 1. The van der Waals surface area contributed by atoms with Crippen LogP contribution in [-0.4, -0.2) is 95.1 Å². The maximum absolute atomic E-state index is 12.9. The lowest BCUT2D eigenvalue weighted by Gasteiger charge is -2.29. The number of carbonyl (C=O) groups is 5. The normalized spacial score (nSPS) is 18.7. The molecule has 0 aromatic carbocycles. The van der Waals surface area contributed by atoms with E-state index in [0.29, 0.717) is 38.9 Å². The predicted octanol–water partition coefficient (Wildman–Crippen LogP) is -2.99. The molecule has 33 heavy (non-hydrogen) atoms. The van der Waals surface area contributed by atoms with Crippen molar-refractivity contribution in [3.05, 3.63) is 0 Å². The molecular weight excluding hydrogens is 436 g/mol. The van der Waals surface area contributed by atoms with Crippen molar-refractivity contribution in [2.45, 2.75) is 69.6 Å². The molecule has 4 atom stereocenters. The molecule has 0 saturated carbocycles. The Morgan fingerprint density at radius 1 is 1.06 bits per heavy atom. The molecule has 0 radical (unpaired) electrons. The number of primary amides is 1. The average Bonchev–Trinajstić information content (AvgIpc) is 3.19. The maximum Gasteiger partial charge on any atom is 0.305 e. The fourth-order valence-electron chi connectivity index (χ4n) is 3.79. The number of hydrogen-bond acceptors (Lipinski definition) is 8. The molecule has 188 valence electrons. The standard InChI is InChI=1S/C20H36N6O7/c1-12(28)23-15(11-27)20(33)25-14(9-17(29)30)19(32)24-13(5-2-3-7-21)10-26-8-4-6-16(26)18(22)31/h13-16,27H,2-11,21H2,1H3,(H2,22,31)(H,23,28)(H,24,32)(H,25,33)(H,29,30)/t13-,14-,15-,16-/m0/s1. The van der Waals surface area contributed by atoms with Crippen LogP contribution in [0, 0.1) is 0 Å². The zero-order chi connectivity index (χ0) is 25.0. The van der Waals surface area contributed by atoms with Gasteiger partial charge >= 0.3 is 5.97 Å². The maximum atomic E-state index is 12.9. The number of likely N-dealkylation sites (tertiary alicyclic amines) is 1. The lowest BCUT2D eigenvalue weighted by atomic mass is 10.1. The molecule has 1 heterocycles. The summed E-state index contributed by atoms with van der Waals surface area (Å²) in [5, 5.41) is 25.8. The summed E-state index contributed by atoms with van der Waals surface area (Å²) < 4.78 is 0. The number of aliphatic hydroxyl groups excluding tert-OH is 1. The van der Waals surface area contributed by atoms with Crippen LogP contribution in [0.2, 0.25) is 0 Å². The van der Waals surface area contributed by atoms with Crippen LogP contribution in [0.4, 0.5) is 0 Å². The molecule has 0 bridgehead atoms. The Bertz CT molecular complexity index is 704. The number of aliphatic carboxylic acids is 1. The predicted molar refractivity (Wildman–Crippen MR) is 117 cm³/mol. The molecule has 1 rings (SSSR count). The molecule has 4 amide bonds. The van der Waals surface area contributed by atoms with E-state index in [-0.39, 0.29) is 0 Å². The van der Waals surface area contributed by atoms with E-state index in [2.05, 4.69) is 16.0 Å². The number of amides is 4. The van der Waals surface area contributed by atoms with Gasteiger partial charge in [0.25, 0.3) is 0 Å². The van der Waals surface area contributed by atoms with Crippen molar-refractivity contribution in [3.63, 3.8) is 0 Å². The van der Waals surface area contributed by atoms with Gasteiger partial charge in [0.05, 0.1) is 19.1 Å². The van der Waals surface area contributed by atoms with E-state index in [1.54, 1.807) is 0 Å². The van der Waals surface area contributed by atoms with E-state index in [4.69, 9.17) is 11.5 Å². The molecule has 1 saturated heterocycles. The van der Waals surface area contributed by atoms with Crippen LogP contribution < -0.4 is 27.4 Å². The Labute approximate surface area is 192 Å². The van der Waals surface area contributed by atoms with Crippen LogP contribution in [0.3, 0.4) is 0 Å². The van der Waals surface area contributed by atoms with Gasteiger partial charge in [0.1, 0.15) is 12.1 Å². The second kappa shape index (κ2) is 14.4. The fraction of sp³-hybridized carbons (Fsp3) is 0.750. The third-order valence-corrected chi connectivity index (χ3v) is 5.39. The number of carboxylic acid groups (broad SMARTS) is 1.